The molecule has 0 radical (unpaired) electrons. The Labute approximate surface area is 72.4 Å². The van der Waals surface area contributed by atoms with Crippen molar-refractivity contribution in [2.45, 2.75) is 32.4 Å². The first-order chi connectivity index (χ1) is 5.79. The fraction of sp³-hybridized carbons (Fsp3) is 0.700. The molecule has 1 aliphatic carbocycles. The third kappa shape index (κ3) is 1.19. The van der Waals surface area contributed by atoms with Gasteiger partial charge in [-0.25, -0.2) is 4.39 Å². The summed E-state index contributed by atoms with van der Waals surface area (Å²) in [5.74, 6) is 0.476. The standard InChI is InChI=1S/C10H14FN/c1-7-4-5-9(11)8-3-2-6-12-10(7)8/h3,7,9H,2,4-6H2,1H3/t7-,9+/m1/s1. The fourth-order valence-electron chi connectivity index (χ4n) is 2.02. The lowest BCUT2D eigenvalue weighted by molar-refractivity contribution is 0.334. The van der Waals surface area contributed by atoms with Crippen molar-refractivity contribution in [3.05, 3.63) is 11.6 Å². The highest BCUT2D eigenvalue weighted by Crippen LogP contribution is 2.30. The summed E-state index contributed by atoms with van der Waals surface area (Å²) in [4.78, 5) is 4.39. The van der Waals surface area contributed by atoms with Gasteiger partial charge in [-0.3, -0.25) is 4.99 Å². The Bertz CT molecular complexity index is 216. The Morgan fingerprint density at radius 3 is 3.08 bits per heavy atom. The van der Waals surface area contributed by atoms with Crippen LogP contribution in [-0.4, -0.2) is 18.4 Å². The van der Waals surface area contributed by atoms with Crippen molar-refractivity contribution in [2.75, 3.05) is 6.54 Å². The molecule has 0 spiro atoms. The highest BCUT2D eigenvalue weighted by molar-refractivity contribution is 6.03. The number of halogens is 1. The van der Waals surface area contributed by atoms with E-state index in [2.05, 4.69) is 11.9 Å². The van der Waals surface area contributed by atoms with E-state index in [1.54, 1.807) is 0 Å². The van der Waals surface area contributed by atoms with Gasteiger partial charge in [0.2, 0.25) is 0 Å². The molecule has 66 valence electrons. The summed E-state index contributed by atoms with van der Waals surface area (Å²) in [7, 11) is 0. The van der Waals surface area contributed by atoms with E-state index in [4.69, 9.17) is 0 Å². The van der Waals surface area contributed by atoms with E-state index in [9.17, 15) is 4.39 Å². The Balaban J connectivity index is 2.28. The number of hydrogen-bond acceptors (Lipinski definition) is 1. The molecule has 1 aliphatic heterocycles. The predicted molar refractivity (Wildman–Crippen MR) is 48.3 cm³/mol. The lowest BCUT2D eigenvalue weighted by Crippen LogP contribution is -2.29. The molecule has 12 heavy (non-hydrogen) atoms. The molecule has 0 aromatic rings. The average Bonchev–Trinajstić information content (AvgIpc) is 2.12. The van der Waals surface area contributed by atoms with E-state index in [0.717, 1.165) is 30.7 Å². The van der Waals surface area contributed by atoms with Crippen LogP contribution in [0.3, 0.4) is 0 Å². The van der Waals surface area contributed by atoms with Crippen molar-refractivity contribution in [3.63, 3.8) is 0 Å². The largest absolute Gasteiger partial charge is 0.289 e. The van der Waals surface area contributed by atoms with Crippen LogP contribution < -0.4 is 0 Å². The van der Waals surface area contributed by atoms with Crippen molar-refractivity contribution in [3.8, 4) is 0 Å². The molecule has 0 bridgehead atoms. The van der Waals surface area contributed by atoms with Crippen LogP contribution >= 0.6 is 0 Å². The minimum Gasteiger partial charge on any atom is -0.289 e. The zero-order valence-electron chi connectivity index (χ0n) is 7.39. The van der Waals surface area contributed by atoms with E-state index < -0.39 is 6.17 Å². The summed E-state index contributed by atoms with van der Waals surface area (Å²) in [6.07, 6.45) is 3.86. The van der Waals surface area contributed by atoms with Crippen molar-refractivity contribution in [1.29, 1.82) is 0 Å². The van der Waals surface area contributed by atoms with Gasteiger partial charge in [-0.2, -0.15) is 0 Å². The van der Waals surface area contributed by atoms with Gasteiger partial charge >= 0.3 is 0 Å². The first-order valence-corrected chi connectivity index (χ1v) is 4.68. The molecule has 0 aromatic carbocycles. The predicted octanol–water partition coefficient (Wildman–Crippen LogP) is 2.53. The summed E-state index contributed by atoms with van der Waals surface area (Å²) in [6.45, 7) is 3.00. The minimum absolute atomic E-state index is 0.476. The van der Waals surface area contributed by atoms with Crippen molar-refractivity contribution < 1.29 is 4.39 Å². The highest BCUT2D eigenvalue weighted by atomic mass is 19.1. The second-order valence-corrected chi connectivity index (χ2v) is 3.66. The number of nitrogens with zero attached hydrogens (tertiary/aromatic N) is 1. The molecule has 1 saturated carbocycles. The maximum atomic E-state index is 13.3. The fourth-order valence-corrected chi connectivity index (χ4v) is 2.02. The van der Waals surface area contributed by atoms with Crippen LogP contribution in [0.25, 0.3) is 0 Å². The Kier molecular flexibility index (Phi) is 1.99. The molecule has 0 N–H and O–H groups in total. The number of hydrogen-bond donors (Lipinski definition) is 0. The molecule has 2 atom stereocenters. The van der Waals surface area contributed by atoms with Crippen LogP contribution in [0.5, 0.6) is 0 Å². The molecule has 2 rings (SSSR count). The molecule has 0 saturated heterocycles. The number of aliphatic imine (C=N–C) groups is 1. The van der Waals surface area contributed by atoms with E-state index in [1.807, 2.05) is 6.08 Å². The normalized spacial score (nSPS) is 35.2. The Morgan fingerprint density at radius 1 is 1.50 bits per heavy atom. The molecule has 0 aromatic heterocycles. The SMILES string of the molecule is C[C@@H]1CC[C@H](F)C2=CCCN=C21. The smallest absolute Gasteiger partial charge is 0.127 e. The van der Waals surface area contributed by atoms with Gasteiger partial charge in [0, 0.05) is 17.8 Å². The third-order valence-electron chi connectivity index (χ3n) is 2.73. The Morgan fingerprint density at radius 2 is 2.33 bits per heavy atom. The average molecular weight is 167 g/mol. The number of allylic oxidation sites excluding steroid dienone is 1. The zero-order valence-corrected chi connectivity index (χ0v) is 7.39. The number of rotatable bonds is 0. The van der Waals surface area contributed by atoms with E-state index in [1.165, 1.54) is 0 Å². The van der Waals surface area contributed by atoms with Crippen LogP contribution in [0.1, 0.15) is 26.2 Å². The van der Waals surface area contributed by atoms with Gasteiger partial charge in [0.15, 0.2) is 0 Å². The third-order valence-corrected chi connectivity index (χ3v) is 2.73. The minimum atomic E-state index is -0.736. The van der Waals surface area contributed by atoms with Crippen LogP contribution in [0.4, 0.5) is 4.39 Å². The highest BCUT2D eigenvalue weighted by Gasteiger charge is 2.29. The van der Waals surface area contributed by atoms with Crippen LogP contribution in [0.15, 0.2) is 16.6 Å². The van der Waals surface area contributed by atoms with E-state index in [-0.39, 0.29) is 0 Å². The Hall–Kier alpha value is -0.660. The van der Waals surface area contributed by atoms with Gasteiger partial charge in [-0.05, 0) is 25.2 Å². The summed E-state index contributed by atoms with van der Waals surface area (Å²) >= 11 is 0. The molecule has 0 unspecified atom stereocenters. The topological polar surface area (TPSA) is 12.4 Å². The lowest BCUT2D eigenvalue weighted by Gasteiger charge is -2.28. The molecule has 2 heteroatoms. The molecule has 0 amide bonds. The summed E-state index contributed by atoms with van der Waals surface area (Å²) in [5.41, 5.74) is 1.93. The second kappa shape index (κ2) is 3.00. The first kappa shape index (κ1) is 7.96. The van der Waals surface area contributed by atoms with Crippen molar-refractivity contribution >= 4 is 5.71 Å². The maximum absolute atomic E-state index is 13.3. The van der Waals surface area contributed by atoms with Crippen LogP contribution in [-0.2, 0) is 0 Å². The van der Waals surface area contributed by atoms with Gasteiger partial charge < -0.3 is 0 Å². The number of alkyl halides is 1. The van der Waals surface area contributed by atoms with E-state index in [0.29, 0.717) is 12.3 Å². The van der Waals surface area contributed by atoms with Gasteiger partial charge in [-0.1, -0.05) is 13.0 Å². The maximum Gasteiger partial charge on any atom is 0.127 e. The summed E-state index contributed by atoms with van der Waals surface area (Å²) in [6, 6.07) is 0. The van der Waals surface area contributed by atoms with Crippen LogP contribution in [0, 0.1) is 5.92 Å². The summed E-state index contributed by atoms with van der Waals surface area (Å²) in [5, 5.41) is 0. The molecule has 1 nitrogen and oxygen atoms in total. The molecule has 1 heterocycles. The van der Waals surface area contributed by atoms with Crippen molar-refractivity contribution in [2.24, 2.45) is 10.9 Å². The molecule has 1 fully saturated rings. The van der Waals surface area contributed by atoms with Gasteiger partial charge in [0.25, 0.3) is 0 Å². The molecular formula is C10H14FN. The lowest BCUT2D eigenvalue weighted by atomic mass is 9.82. The van der Waals surface area contributed by atoms with Gasteiger partial charge in [0.05, 0.1) is 0 Å². The quantitative estimate of drug-likeness (QED) is 0.525. The monoisotopic (exact) mass is 167 g/mol. The number of fused-ring (bicyclic) bond motifs is 1. The zero-order chi connectivity index (χ0) is 8.55. The number of dihydropyridines is 1. The van der Waals surface area contributed by atoms with Gasteiger partial charge in [-0.15, -0.1) is 0 Å². The first-order valence-electron chi connectivity index (χ1n) is 4.68. The molecular weight excluding hydrogens is 153 g/mol. The van der Waals surface area contributed by atoms with E-state index >= 15 is 0 Å². The molecule has 2 aliphatic rings. The van der Waals surface area contributed by atoms with Crippen LogP contribution in [0.2, 0.25) is 0 Å². The van der Waals surface area contributed by atoms with Crippen molar-refractivity contribution in [1.82, 2.24) is 0 Å². The summed E-state index contributed by atoms with van der Waals surface area (Å²) < 4.78 is 13.3. The second-order valence-electron chi connectivity index (χ2n) is 3.66. The van der Waals surface area contributed by atoms with Gasteiger partial charge in [0.1, 0.15) is 6.17 Å².